The number of benzene rings is 2. The lowest BCUT2D eigenvalue weighted by Gasteiger charge is -2.27. The molecule has 162 valence electrons. The second-order valence-electron chi connectivity index (χ2n) is 7.94. The van der Waals surface area contributed by atoms with Crippen molar-refractivity contribution in [3.05, 3.63) is 75.6 Å². The fourth-order valence-electron chi connectivity index (χ4n) is 4.10. The van der Waals surface area contributed by atoms with Crippen molar-refractivity contribution in [2.24, 2.45) is 0 Å². The lowest BCUT2D eigenvalue weighted by atomic mass is 9.98. The summed E-state index contributed by atoms with van der Waals surface area (Å²) in [5.41, 5.74) is 5.35. The van der Waals surface area contributed by atoms with E-state index < -0.39 is 0 Å². The number of halogens is 1. The summed E-state index contributed by atoms with van der Waals surface area (Å²) >= 11 is 5.92. The highest BCUT2D eigenvalue weighted by molar-refractivity contribution is 6.30. The van der Waals surface area contributed by atoms with E-state index in [9.17, 15) is 9.59 Å². The average Bonchev–Trinajstić information content (AvgIpc) is 3.45. The zero-order chi connectivity index (χ0) is 22.1. The molecule has 0 fully saturated rings. The molecule has 2 N–H and O–H groups in total. The van der Waals surface area contributed by atoms with Crippen LogP contribution in [0.2, 0.25) is 5.02 Å². The molecule has 4 aromatic rings. The van der Waals surface area contributed by atoms with Gasteiger partial charge in [0.2, 0.25) is 0 Å². The third-order valence-electron chi connectivity index (χ3n) is 5.83. The summed E-state index contributed by atoms with van der Waals surface area (Å²) in [5, 5.41) is 18.6. The van der Waals surface area contributed by atoms with Gasteiger partial charge in [0, 0.05) is 29.1 Å². The minimum absolute atomic E-state index is 0.0349. The van der Waals surface area contributed by atoms with Gasteiger partial charge in [-0.1, -0.05) is 23.7 Å². The Morgan fingerprint density at radius 1 is 1.03 bits per heavy atom. The van der Waals surface area contributed by atoms with Crippen LogP contribution in [-0.2, 0) is 19.4 Å². The molecule has 0 unspecified atom stereocenters. The number of carbonyl (C=O) groups is 2. The van der Waals surface area contributed by atoms with Crippen LogP contribution in [0.15, 0.2) is 42.5 Å². The van der Waals surface area contributed by atoms with E-state index in [0.717, 1.165) is 35.2 Å². The Labute approximate surface area is 189 Å². The van der Waals surface area contributed by atoms with Crippen molar-refractivity contribution in [2.45, 2.75) is 32.2 Å². The molecule has 1 aliphatic heterocycles. The summed E-state index contributed by atoms with van der Waals surface area (Å²) in [6.45, 7) is 0.934. The zero-order valence-electron chi connectivity index (χ0n) is 17.3. The molecule has 0 aliphatic carbocycles. The predicted molar refractivity (Wildman–Crippen MR) is 120 cm³/mol. The Bertz CT molecular complexity index is 1290. The number of fused-ring (bicyclic) bond motifs is 2. The Balaban J connectivity index is 1.22. The van der Waals surface area contributed by atoms with E-state index >= 15 is 0 Å². The number of aryl methyl sites for hydroxylation is 1. The standard InChI is InChI=1S/C23H21ClN6O2/c24-16-7-4-14(5-8-16)2-1-3-21(31)22-17-10-11-30(13-20(17)25-28-22)23(32)15-6-9-18-19(12-15)27-29-26-18/h4-9,12H,1-3,10-11,13H2,(H,25,28)(H,26,27,29). The molecule has 0 atom stereocenters. The van der Waals surface area contributed by atoms with Crippen molar-refractivity contribution >= 4 is 34.3 Å². The normalized spacial score (nSPS) is 13.3. The van der Waals surface area contributed by atoms with Crippen molar-refractivity contribution in [1.29, 1.82) is 0 Å². The molecule has 2 aromatic carbocycles. The summed E-state index contributed by atoms with van der Waals surface area (Å²) in [5.74, 6) is -0.0429. The molecule has 2 aromatic heterocycles. The van der Waals surface area contributed by atoms with E-state index in [0.29, 0.717) is 47.7 Å². The quantitative estimate of drug-likeness (QED) is 0.437. The van der Waals surface area contributed by atoms with Crippen LogP contribution < -0.4 is 0 Å². The van der Waals surface area contributed by atoms with Gasteiger partial charge in [-0.2, -0.15) is 20.5 Å². The molecule has 1 aliphatic rings. The first kappa shape index (κ1) is 20.4. The Morgan fingerprint density at radius 2 is 1.84 bits per heavy atom. The number of hydrogen-bond acceptors (Lipinski definition) is 5. The third-order valence-corrected chi connectivity index (χ3v) is 6.08. The highest BCUT2D eigenvalue weighted by Crippen LogP contribution is 2.24. The molecule has 1 amide bonds. The first-order valence-corrected chi connectivity index (χ1v) is 10.9. The van der Waals surface area contributed by atoms with Crippen LogP contribution in [-0.4, -0.2) is 48.7 Å². The van der Waals surface area contributed by atoms with Crippen molar-refractivity contribution in [2.75, 3.05) is 6.54 Å². The molecule has 0 saturated carbocycles. The second kappa shape index (κ2) is 8.55. The number of Topliss-reactive ketones (excluding diaryl/α,β-unsaturated/α-hetero) is 1. The van der Waals surface area contributed by atoms with Gasteiger partial charge in [-0.25, -0.2) is 0 Å². The molecule has 8 nitrogen and oxygen atoms in total. The van der Waals surface area contributed by atoms with Gasteiger partial charge in [-0.15, -0.1) is 0 Å². The molecule has 3 heterocycles. The maximum atomic E-state index is 13.0. The van der Waals surface area contributed by atoms with E-state index in [-0.39, 0.29) is 11.7 Å². The highest BCUT2D eigenvalue weighted by atomic mass is 35.5. The number of rotatable bonds is 6. The fourth-order valence-corrected chi connectivity index (χ4v) is 4.23. The van der Waals surface area contributed by atoms with Crippen LogP contribution in [0, 0.1) is 0 Å². The summed E-state index contributed by atoms with van der Waals surface area (Å²) in [7, 11) is 0. The first-order valence-electron chi connectivity index (χ1n) is 10.5. The van der Waals surface area contributed by atoms with Crippen LogP contribution in [0.3, 0.4) is 0 Å². The summed E-state index contributed by atoms with van der Waals surface area (Å²) in [6, 6.07) is 13.0. The van der Waals surface area contributed by atoms with Crippen molar-refractivity contribution in [3.63, 3.8) is 0 Å². The largest absolute Gasteiger partial charge is 0.332 e. The van der Waals surface area contributed by atoms with Gasteiger partial charge in [-0.05, 0) is 55.2 Å². The Morgan fingerprint density at radius 3 is 2.69 bits per heavy atom. The van der Waals surface area contributed by atoms with E-state index in [4.69, 9.17) is 11.6 Å². The fraction of sp³-hybridized carbons (Fsp3) is 0.261. The first-order chi connectivity index (χ1) is 15.6. The van der Waals surface area contributed by atoms with Crippen LogP contribution in [0.5, 0.6) is 0 Å². The smallest absolute Gasteiger partial charge is 0.254 e. The lowest BCUT2D eigenvalue weighted by molar-refractivity contribution is 0.0732. The van der Waals surface area contributed by atoms with Crippen LogP contribution in [0.1, 0.15) is 50.5 Å². The third kappa shape index (κ3) is 4.01. The molecule has 32 heavy (non-hydrogen) atoms. The molecule has 0 radical (unpaired) electrons. The molecule has 0 spiro atoms. The van der Waals surface area contributed by atoms with Gasteiger partial charge in [0.05, 0.1) is 12.2 Å². The van der Waals surface area contributed by atoms with E-state index in [1.165, 1.54) is 0 Å². The van der Waals surface area contributed by atoms with Crippen LogP contribution in [0.25, 0.3) is 11.0 Å². The van der Waals surface area contributed by atoms with E-state index in [2.05, 4.69) is 25.6 Å². The number of amides is 1. The number of ketones is 1. The number of aromatic amines is 2. The van der Waals surface area contributed by atoms with Crippen molar-refractivity contribution < 1.29 is 9.59 Å². The number of nitrogens with one attached hydrogen (secondary N) is 2. The van der Waals surface area contributed by atoms with Gasteiger partial charge >= 0.3 is 0 Å². The van der Waals surface area contributed by atoms with Crippen LogP contribution in [0.4, 0.5) is 0 Å². The van der Waals surface area contributed by atoms with Gasteiger partial charge in [-0.3, -0.25) is 14.7 Å². The summed E-state index contributed by atoms with van der Waals surface area (Å²) in [4.78, 5) is 27.5. The molecule has 0 bridgehead atoms. The van der Waals surface area contributed by atoms with Gasteiger partial charge in [0.1, 0.15) is 16.7 Å². The summed E-state index contributed by atoms with van der Waals surface area (Å²) < 4.78 is 0. The topological polar surface area (TPSA) is 108 Å². The number of hydrogen-bond donors (Lipinski definition) is 2. The van der Waals surface area contributed by atoms with Gasteiger partial charge in [0.15, 0.2) is 5.78 Å². The molecule has 9 heteroatoms. The maximum absolute atomic E-state index is 13.0. The number of aromatic nitrogens is 5. The zero-order valence-corrected chi connectivity index (χ0v) is 18.0. The minimum atomic E-state index is -0.0778. The number of carbonyl (C=O) groups excluding carboxylic acids is 2. The van der Waals surface area contributed by atoms with Gasteiger partial charge < -0.3 is 4.90 Å². The second-order valence-corrected chi connectivity index (χ2v) is 8.37. The molecular weight excluding hydrogens is 428 g/mol. The lowest BCUT2D eigenvalue weighted by Crippen LogP contribution is -2.36. The van der Waals surface area contributed by atoms with Crippen molar-refractivity contribution in [1.82, 2.24) is 30.5 Å². The molecule has 5 rings (SSSR count). The molecular formula is C23H21ClN6O2. The SMILES string of the molecule is O=C(CCCc1ccc(Cl)cc1)c1n[nH]c2c1CCN(C(=O)c1ccc3n[nH]nc3c1)C2. The van der Waals surface area contributed by atoms with E-state index in [1.54, 1.807) is 23.1 Å². The highest BCUT2D eigenvalue weighted by Gasteiger charge is 2.28. The predicted octanol–water partition coefficient (Wildman–Crippen LogP) is 3.74. The summed E-state index contributed by atoms with van der Waals surface area (Å²) in [6.07, 6.45) is 2.59. The average molecular weight is 449 g/mol. The monoisotopic (exact) mass is 448 g/mol. The van der Waals surface area contributed by atoms with Crippen LogP contribution >= 0.6 is 11.6 Å². The minimum Gasteiger partial charge on any atom is -0.332 e. The Hall–Kier alpha value is -3.52. The number of nitrogens with zero attached hydrogens (tertiary/aromatic N) is 4. The van der Waals surface area contributed by atoms with Gasteiger partial charge in [0.25, 0.3) is 5.91 Å². The Kier molecular flexibility index (Phi) is 5.45. The van der Waals surface area contributed by atoms with Crippen molar-refractivity contribution in [3.8, 4) is 0 Å². The number of H-pyrrole nitrogens is 2. The maximum Gasteiger partial charge on any atom is 0.254 e. The van der Waals surface area contributed by atoms with E-state index in [1.807, 2.05) is 24.3 Å². The molecule has 0 saturated heterocycles.